The number of nitrogens with one attached hydrogen (secondary N) is 1. The summed E-state index contributed by atoms with van der Waals surface area (Å²) in [5, 5.41) is 4.17. The quantitative estimate of drug-likeness (QED) is 0.563. The number of hydrogen-bond acceptors (Lipinski definition) is 1. The molecule has 1 N–H and O–H groups in total. The summed E-state index contributed by atoms with van der Waals surface area (Å²) in [7, 11) is 0. The second kappa shape index (κ2) is 5.73. The highest BCUT2D eigenvalue weighted by Gasteiger charge is 2.68. The molecule has 1 saturated carbocycles. The molecule has 1 amide bonds. The number of unbranched alkanes of at least 4 members (excludes halogenated alkanes) is 3. The largest absolute Gasteiger partial charge is 0.356 e. The maximum Gasteiger partial charge on any atom is 0.224 e. The maximum absolute atomic E-state index is 12.0. The predicted molar refractivity (Wildman–Crippen MR) is 76.3 cm³/mol. The fourth-order valence-corrected chi connectivity index (χ4v) is 3.14. The summed E-state index contributed by atoms with van der Waals surface area (Å²) in [6.45, 7) is 9.59. The molecule has 0 atom stereocenters. The van der Waals surface area contributed by atoms with Crippen molar-refractivity contribution in [2.45, 2.75) is 53.4 Å². The molecule has 1 aliphatic rings. The van der Waals surface area contributed by atoms with Crippen molar-refractivity contribution in [1.82, 2.24) is 5.32 Å². The molecular weight excluding hydrogens is 278 g/mol. The predicted octanol–water partition coefficient (Wildman–Crippen LogP) is 3.74. The van der Waals surface area contributed by atoms with Crippen LogP contribution in [-0.2, 0) is 4.79 Å². The van der Waals surface area contributed by atoms with E-state index in [1.165, 1.54) is 19.3 Å². The van der Waals surface area contributed by atoms with Crippen LogP contribution >= 0.6 is 15.9 Å². The Bertz CT molecular complexity index is 259. The van der Waals surface area contributed by atoms with E-state index in [0.29, 0.717) is 0 Å². The number of alkyl halides is 1. The fourth-order valence-electron chi connectivity index (χ4n) is 2.74. The van der Waals surface area contributed by atoms with E-state index in [-0.39, 0.29) is 22.7 Å². The summed E-state index contributed by atoms with van der Waals surface area (Å²) < 4.78 is 0. The molecule has 3 heteroatoms. The second-order valence-corrected chi connectivity index (χ2v) is 7.06. The minimum atomic E-state index is 0.160. The highest BCUT2D eigenvalue weighted by atomic mass is 79.9. The zero-order valence-corrected chi connectivity index (χ0v) is 13.2. The molecule has 0 heterocycles. The van der Waals surface area contributed by atoms with E-state index in [4.69, 9.17) is 0 Å². The first-order valence-electron chi connectivity index (χ1n) is 6.69. The van der Waals surface area contributed by atoms with Crippen LogP contribution < -0.4 is 5.32 Å². The zero-order valence-electron chi connectivity index (χ0n) is 11.6. The molecule has 2 nitrogen and oxygen atoms in total. The van der Waals surface area contributed by atoms with Crippen LogP contribution in [0.5, 0.6) is 0 Å². The Kier molecular flexibility index (Phi) is 5.06. The Morgan fingerprint density at radius 3 is 2.06 bits per heavy atom. The molecule has 0 saturated heterocycles. The average molecular weight is 304 g/mol. The Labute approximate surface area is 114 Å². The van der Waals surface area contributed by atoms with Crippen LogP contribution in [0, 0.1) is 16.7 Å². The summed E-state index contributed by atoms with van der Waals surface area (Å²) in [6, 6.07) is 0. The summed E-state index contributed by atoms with van der Waals surface area (Å²) in [5.41, 5.74) is 0.320. The molecule has 0 unspecified atom stereocenters. The van der Waals surface area contributed by atoms with Crippen molar-refractivity contribution in [2.75, 3.05) is 11.9 Å². The van der Waals surface area contributed by atoms with Crippen molar-refractivity contribution < 1.29 is 4.79 Å². The number of amides is 1. The van der Waals surface area contributed by atoms with E-state index < -0.39 is 0 Å². The molecular formula is C14H26BrNO. The van der Waals surface area contributed by atoms with Gasteiger partial charge in [-0.15, -0.1) is 0 Å². The van der Waals surface area contributed by atoms with Crippen molar-refractivity contribution >= 4 is 21.8 Å². The van der Waals surface area contributed by atoms with E-state index in [2.05, 4.69) is 48.9 Å². The van der Waals surface area contributed by atoms with Gasteiger partial charge in [-0.05, 0) is 23.7 Å². The van der Waals surface area contributed by atoms with Crippen LogP contribution in [0.3, 0.4) is 0 Å². The lowest BCUT2D eigenvalue weighted by Crippen LogP contribution is -2.28. The number of carbonyl (C=O) groups is 1. The van der Waals surface area contributed by atoms with Gasteiger partial charge in [0.15, 0.2) is 0 Å². The molecule has 100 valence electrons. The van der Waals surface area contributed by atoms with Gasteiger partial charge in [0.1, 0.15) is 0 Å². The van der Waals surface area contributed by atoms with Crippen LogP contribution in [0.15, 0.2) is 0 Å². The lowest BCUT2D eigenvalue weighted by molar-refractivity contribution is -0.123. The summed E-state index contributed by atoms with van der Waals surface area (Å²) in [6.07, 6.45) is 4.80. The molecule has 1 aliphatic carbocycles. The van der Waals surface area contributed by atoms with Crippen molar-refractivity contribution in [2.24, 2.45) is 16.7 Å². The number of rotatable bonds is 7. The molecule has 1 rings (SSSR count). The van der Waals surface area contributed by atoms with Gasteiger partial charge in [0.25, 0.3) is 0 Å². The van der Waals surface area contributed by atoms with Crippen LogP contribution in [0.4, 0.5) is 0 Å². The second-order valence-electron chi connectivity index (χ2n) is 6.27. The highest BCUT2D eigenvalue weighted by molar-refractivity contribution is 9.09. The van der Waals surface area contributed by atoms with Gasteiger partial charge in [-0.2, -0.15) is 0 Å². The Balaban J connectivity index is 2.15. The Morgan fingerprint density at radius 1 is 1.06 bits per heavy atom. The summed E-state index contributed by atoms with van der Waals surface area (Å²) in [5.74, 6) is 0.443. The topological polar surface area (TPSA) is 29.1 Å². The Morgan fingerprint density at radius 2 is 1.59 bits per heavy atom. The van der Waals surface area contributed by atoms with Crippen LogP contribution in [0.1, 0.15) is 53.4 Å². The molecule has 17 heavy (non-hydrogen) atoms. The van der Waals surface area contributed by atoms with Crippen LogP contribution in [0.25, 0.3) is 0 Å². The van der Waals surface area contributed by atoms with Gasteiger partial charge in [-0.3, -0.25) is 4.79 Å². The number of halogens is 1. The molecule has 0 radical (unpaired) electrons. The van der Waals surface area contributed by atoms with E-state index in [1.54, 1.807) is 0 Å². The van der Waals surface area contributed by atoms with Crippen LogP contribution in [0.2, 0.25) is 0 Å². The third-order valence-electron chi connectivity index (χ3n) is 4.64. The van der Waals surface area contributed by atoms with Crippen molar-refractivity contribution in [1.29, 1.82) is 0 Å². The van der Waals surface area contributed by atoms with Gasteiger partial charge in [0.2, 0.25) is 5.91 Å². The van der Waals surface area contributed by atoms with Gasteiger partial charge >= 0.3 is 0 Å². The zero-order chi connectivity index (χ0) is 13.1. The van der Waals surface area contributed by atoms with Gasteiger partial charge < -0.3 is 5.32 Å². The molecule has 0 aromatic heterocycles. The smallest absolute Gasteiger partial charge is 0.224 e. The standard InChI is InChI=1S/C14H26BrNO/c1-13(2)11(14(13,3)4)12(17)16-10-8-6-5-7-9-15/h11H,5-10H2,1-4H3,(H,16,17). The first kappa shape index (κ1) is 15.0. The molecule has 0 aromatic carbocycles. The third kappa shape index (κ3) is 3.24. The summed E-state index contributed by atoms with van der Waals surface area (Å²) in [4.78, 5) is 12.0. The van der Waals surface area contributed by atoms with Gasteiger partial charge in [-0.1, -0.05) is 56.5 Å². The lowest BCUT2D eigenvalue weighted by atomic mass is 10.0. The molecule has 0 bridgehead atoms. The number of carbonyl (C=O) groups excluding carboxylic acids is 1. The fraction of sp³-hybridized carbons (Fsp3) is 0.929. The average Bonchev–Trinajstić information content (AvgIpc) is 2.63. The molecule has 0 aromatic rings. The van der Waals surface area contributed by atoms with E-state index >= 15 is 0 Å². The van der Waals surface area contributed by atoms with Gasteiger partial charge in [-0.25, -0.2) is 0 Å². The van der Waals surface area contributed by atoms with E-state index in [1.807, 2.05) is 0 Å². The first-order chi connectivity index (χ1) is 7.85. The lowest BCUT2D eigenvalue weighted by Gasteiger charge is -2.06. The molecule has 1 fully saturated rings. The van der Waals surface area contributed by atoms with Gasteiger partial charge in [0, 0.05) is 17.8 Å². The maximum atomic E-state index is 12.0. The molecule has 0 spiro atoms. The summed E-state index contributed by atoms with van der Waals surface area (Å²) >= 11 is 3.42. The third-order valence-corrected chi connectivity index (χ3v) is 5.20. The minimum absolute atomic E-state index is 0.160. The Hall–Kier alpha value is -0.0500. The first-order valence-corrected chi connectivity index (χ1v) is 7.81. The van der Waals surface area contributed by atoms with Crippen molar-refractivity contribution in [3.05, 3.63) is 0 Å². The normalized spacial score (nSPS) is 21.2. The van der Waals surface area contributed by atoms with Crippen molar-refractivity contribution in [3.8, 4) is 0 Å². The van der Waals surface area contributed by atoms with Gasteiger partial charge in [0.05, 0.1) is 0 Å². The monoisotopic (exact) mass is 303 g/mol. The minimum Gasteiger partial charge on any atom is -0.356 e. The SMILES string of the molecule is CC1(C)C(C(=O)NCCCCCCBr)C1(C)C. The van der Waals surface area contributed by atoms with Crippen molar-refractivity contribution in [3.63, 3.8) is 0 Å². The van der Waals surface area contributed by atoms with E-state index in [0.717, 1.165) is 18.3 Å². The number of hydrogen-bond donors (Lipinski definition) is 1. The van der Waals surface area contributed by atoms with E-state index in [9.17, 15) is 4.79 Å². The molecule has 0 aliphatic heterocycles. The van der Waals surface area contributed by atoms with Crippen LogP contribution in [-0.4, -0.2) is 17.8 Å². The highest BCUT2D eigenvalue weighted by Crippen LogP contribution is 2.68.